The average molecular weight is 322 g/mol. The minimum absolute atomic E-state index is 0.0720. The molecule has 0 saturated carbocycles. The van der Waals surface area contributed by atoms with E-state index < -0.39 is 11.7 Å². The van der Waals surface area contributed by atoms with Gasteiger partial charge in [0.25, 0.3) is 5.91 Å². The number of benzene rings is 2. The number of amides is 1. The highest BCUT2D eigenvalue weighted by atomic mass is 79.9. The van der Waals surface area contributed by atoms with Crippen molar-refractivity contribution in [1.82, 2.24) is 5.32 Å². The van der Waals surface area contributed by atoms with Crippen molar-refractivity contribution in [3.63, 3.8) is 0 Å². The van der Waals surface area contributed by atoms with Gasteiger partial charge in [-0.25, -0.2) is 4.39 Å². The van der Waals surface area contributed by atoms with E-state index in [1.807, 2.05) is 24.3 Å². The van der Waals surface area contributed by atoms with E-state index in [4.69, 9.17) is 0 Å². The Hall–Kier alpha value is -1.68. The smallest absolute Gasteiger partial charge is 0.254 e. The molecule has 19 heavy (non-hydrogen) atoms. The zero-order valence-electron chi connectivity index (χ0n) is 10.4. The second-order valence-corrected chi connectivity index (χ2v) is 5.21. The quantitative estimate of drug-likeness (QED) is 0.914. The van der Waals surface area contributed by atoms with Crippen molar-refractivity contribution in [2.45, 2.75) is 13.5 Å². The minimum atomic E-state index is -0.492. The standard InChI is InChI=1S/C15H13BrFNO/c1-10-2-7-13(14(17)8-10)15(19)18-9-11-3-5-12(16)6-4-11/h2-8H,9H2,1H3,(H,18,19). The Morgan fingerprint density at radius 1 is 1.21 bits per heavy atom. The van der Waals surface area contributed by atoms with E-state index in [0.717, 1.165) is 15.6 Å². The Morgan fingerprint density at radius 3 is 2.53 bits per heavy atom. The van der Waals surface area contributed by atoms with Gasteiger partial charge in [-0.3, -0.25) is 4.79 Å². The summed E-state index contributed by atoms with van der Waals surface area (Å²) in [5.74, 6) is -0.895. The van der Waals surface area contributed by atoms with Gasteiger partial charge < -0.3 is 5.32 Å². The van der Waals surface area contributed by atoms with Gasteiger partial charge >= 0.3 is 0 Å². The van der Waals surface area contributed by atoms with Crippen molar-refractivity contribution in [3.05, 3.63) is 69.4 Å². The molecule has 1 amide bonds. The monoisotopic (exact) mass is 321 g/mol. The van der Waals surface area contributed by atoms with E-state index in [1.54, 1.807) is 13.0 Å². The van der Waals surface area contributed by atoms with Crippen LogP contribution in [0.15, 0.2) is 46.9 Å². The Labute approximate surface area is 119 Å². The molecule has 4 heteroatoms. The molecule has 2 aromatic rings. The molecule has 0 heterocycles. The number of carbonyl (C=O) groups excluding carboxylic acids is 1. The molecule has 2 nitrogen and oxygen atoms in total. The van der Waals surface area contributed by atoms with Crippen LogP contribution in [-0.2, 0) is 6.54 Å². The third-order valence-corrected chi connectivity index (χ3v) is 3.26. The molecule has 1 N–H and O–H groups in total. The second kappa shape index (κ2) is 5.97. The molecule has 0 bridgehead atoms. The Balaban J connectivity index is 2.03. The predicted molar refractivity (Wildman–Crippen MR) is 76.4 cm³/mol. The molecule has 0 saturated heterocycles. The topological polar surface area (TPSA) is 29.1 Å². The van der Waals surface area contributed by atoms with Crippen molar-refractivity contribution in [2.75, 3.05) is 0 Å². The van der Waals surface area contributed by atoms with Gasteiger partial charge in [-0.05, 0) is 42.3 Å². The highest BCUT2D eigenvalue weighted by molar-refractivity contribution is 9.10. The zero-order valence-corrected chi connectivity index (χ0v) is 12.0. The van der Waals surface area contributed by atoms with Crippen LogP contribution in [0, 0.1) is 12.7 Å². The summed E-state index contributed by atoms with van der Waals surface area (Å²) < 4.78 is 14.6. The fraction of sp³-hybridized carbons (Fsp3) is 0.133. The summed E-state index contributed by atoms with van der Waals surface area (Å²) in [4.78, 5) is 11.9. The van der Waals surface area contributed by atoms with Crippen LogP contribution in [0.4, 0.5) is 4.39 Å². The number of carbonyl (C=O) groups is 1. The van der Waals surface area contributed by atoms with Gasteiger partial charge in [-0.2, -0.15) is 0 Å². The van der Waals surface area contributed by atoms with Crippen LogP contribution in [0.2, 0.25) is 0 Å². The van der Waals surface area contributed by atoms with Crippen LogP contribution in [0.3, 0.4) is 0 Å². The van der Waals surface area contributed by atoms with Crippen LogP contribution in [-0.4, -0.2) is 5.91 Å². The fourth-order valence-corrected chi connectivity index (χ4v) is 1.95. The molecular formula is C15H13BrFNO. The molecule has 0 unspecified atom stereocenters. The first kappa shape index (κ1) is 13.7. The summed E-state index contributed by atoms with van der Waals surface area (Å²) in [6.45, 7) is 2.16. The Kier molecular flexibility index (Phi) is 4.32. The lowest BCUT2D eigenvalue weighted by molar-refractivity contribution is 0.0947. The van der Waals surface area contributed by atoms with Crippen molar-refractivity contribution in [2.24, 2.45) is 0 Å². The summed E-state index contributed by atoms with van der Waals surface area (Å²) in [6, 6.07) is 12.2. The maximum absolute atomic E-state index is 13.6. The largest absolute Gasteiger partial charge is 0.348 e. The summed E-state index contributed by atoms with van der Waals surface area (Å²) in [5, 5.41) is 2.70. The summed E-state index contributed by atoms with van der Waals surface area (Å²) >= 11 is 3.34. The third-order valence-electron chi connectivity index (χ3n) is 2.74. The molecule has 0 radical (unpaired) electrons. The van der Waals surface area contributed by atoms with E-state index >= 15 is 0 Å². The average Bonchev–Trinajstić information content (AvgIpc) is 2.37. The van der Waals surface area contributed by atoms with E-state index in [9.17, 15) is 9.18 Å². The fourth-order valence-electron chi connectivity index (χ4n) is 1.68. The first-order chi connectivity index (χ1) is 9.06. The first-order valence-corrected chi connectivity index (χ1v) is 6.64. The molecule has 0 fully saturated rings. The van der Waals surface area contributed by atoms with Crippen LogP contribution in [0.5, 0.6) is 0 Å². The van der Waals surface area contributed by atoms with Gasteiger partial charge in [0, 0.05) is 11.0 Å². The Bertz CT molecular complexity index is 596. The second-order valence-electron chi connectivity index (χ2n) is 4.29. The lowest BCUT2D eigenvalue weighted by atomic mass is 10.1. The number of nitrogens with one attached hydrogen (secondary N) is 1. The van der Waals surface area contributed by atoms with Gasteiger partial charge in [0.05, 0.1) is 5.56 Å². The molecule has 2 aromatic carbocycles. The molecule has 2 rings (SSSR count). The van der Waals surface area contributed by atoms with Gasteiger partial charge in [0.15, 0.2) is 0 Å². The van der Waals surface area contributed by atoms with Crippen molar-refractivity contribution < 1.29 is 9.18 Å². The maximum Gasteiger partial charge on any atom is 0.254 e. The van der Waals surface area contributed by atoms with Crippen LogP contribution >= 0.6 is 15.9 Å². The Morgan fingerprint density at radius 2 is 1.89 bits per heavy atom. The molecule has 0 spiro atoms. The SMILES string of the molecule is Cc1ccc(C(=O)NCc2ccc(Br)cc2)c(F)c1. The molecule has 0 aliphatic rings. The maximum atomic E-state index is 13.6. The summed E-state index contributed by atoms with van der Waals surface area (Å²) in [6.07, 6.45) is 0. The number of halogens is 2. The van der Waals surface area contributed by atoms with Crippen molar-refractivity contribution >= 4 is 21.8 Å². The highest BCUT2D eigenvalue weighted by Gasteiger charge is 2.10. The van der Waals surface area contributed by atoms with E-state index in [1.165, 1.54) is 12.1 Å². The molecule has 0 aliphatic heterocycles. The van der Waals surface area contributed by atoms with E-state index in [0.29, 0.717) is 6.54 Å². The number of hydrogen-bond donors (Lipinski definition) is 1. The molecule has 0 aromatic heterocycles. The van der Waals surface area contributed by atoms with E-state index in [2.05, 4.69) is 21.2 Å². The lowest BCUT2D eigenvalue weighted by Crippen LogP contribution is -2.23. The first-order valence-electron chi connectivity index (χ1n) is 5.85. The van der Waals surface area contributed by atoms with Crippen LogP contribution in [0.1, 0.15) is 21.5 Å². The van der Waals surface area contributed by atoms with Crippen LogP contribution in [0.25, 0.3) is 0 Å². The van der Waals surface area contributed by atoms with Gasteiger partial charge in [-0.1, -0.05) is 34.1 Å². The number of rotatable bonds is 3. The highest BCUT2D eigenvalue weighted by Crippen LogP contribution is 2.12. The zero-order chi connectivity index (χ0) is 13.8. The summed E-state index contributed by atoms with van der Waals surface area (Å²) in [5.41, 5.74) is 1.83. The molecule has 0 aliphatic carbocycles. The summed E-state index contributed by atoms with van der Waals surface area (Å²) in [7, 11) is 0. The van der Waals surface area contributed by atoms with Gasteiger partial charge in [0.2, 0.25) is 0 Å². The van der Waals surface area contributed by atoms with Crippen LogP contribution < -0.4 is 5.32 Å². The molecule has 98 valence electrons. The number of aryl methyl sites for hydroxylation is 1. The number of hydrogen-bond acceptors (Lipinski definition) is 1. The minimum Gasteiger partial charge on any atom is -0.348 e. The van der Waals surface area contributed by atoms with Gasteiger partial charge in [-0.15, -0.1) is 0 Å². The normalized spacial score (nSPS) is 10.3. The van der Waals surface area contributed by atoms with Gasteiger partial charge in [0.1, 0.15) is 5.82 Å². The van der Waals surface area contributed by atoms with E-state index in [-0.39, 0.29) is 5.56 Å². The lowest BCUT2D eigenvalue weighted by Gasteiger charge is -2.07. The van der Waals surface area contributed by atoms with Crippen molar-refractivity contribution in [1.29, 1.82) is 0 Å². The third kappa shape index (κ3) is 3.64. The van der Waals surface area contributed by atoms with Crippen molar-refractivity contribution in [3.8, 4) is 0 Å². The molecular weight excluding hydrogens is 309 g/mol. The molecule has 0 atom stereocenters. The predicted octanol–water partition coefficient (Wildman–Crippen LogP) is 3.83.